The van der Waals surface area contributed by atoms with Crippen molar-refractivity contribution >= 4 is 29.8 Å². The Kier molecular flexibility index (Phi) is 4.35. The van der Waals surface area contributed by atoms with Crippen LogP contribution in [0.15, 0.2) is 28.0 Å². The molecule has 0 unspecified atom stereocenters. The minimum atomic E-state index is -4.11. The van der Waals surface area contributed by atoms with E-state index in [1.807, 2.05) is 0 Å². The lowest BCUT2D eigenvalue weighted by Gasteiger charge is -2.26. The molecule has 0 spiro atoms. The van der Waals surface area contributed by atoms with Crippen molar-refractivity contribution in [1.82, 2.24) is 4.31 Å². The number of hydrogen-bond acceptors (Lipinski definition) is 5. The fourth-order valence-electron chi connectivity index (χ4n) is 1.77. The van der Waals surface area contributed by atoms with Gasteiger partial charge in [-0.2, -0.15) is 4.31 Å². The molecule has 0 aromatic heterocycles. The van der Waals surface area contributed by atoms with Crippen LogP contribution >= 0.6 is 10.7 Å². The van der Waals surface area contributed by atoms with E-state index in [4.69, 9.17) is 15.4 Å². The van der Waals surface area contributed by atoms with Gasteiger partial charge in [-0.3, -0.25) is 0 Å². The molecule has 0 amide bonds. The van der Waals surface area contributed by atoms with E-state index in [1.165, 1.54) is 0 Å². The molecule has 1 fully saturated rings. The van der Waals surface area contributed by atoms with Crippen LogP contribution in [0.5, 0.6) is 0 Å². The number of hydrogen-bond donors (Lipinski definition) is 0. The van der Waals surface area contributed by atoms with Crippen LogP contribution in [0.3, 0.4) is 0 Å². The quantitative estimate of drug-likeness (QED) is 0.757. The van der Waals surface area contributed by atoms with Crippen LogP contribution in [0, 0.1) is 5.82 Å². The summed E-state index contributed by atoms with van der Waals surface area (Å²) in [5, 5.41) is 0. The second-order valence-corrected chi connectivity index (χ2v) is 8.52. The monoisotopic (exact) mass is 343 g/mol. The van der Waals surface area contributed by atoms with Crippen LogP contribution in [-0.4, -0.2) is 47.4 Å². The molecule has 20 heavy (non-hydrogen) atoms. The van der Waals surface area contributed by atoms with Gasteiger partial charge in [0.15, 0.2) is 0 Å². The predicted octanol–water partition coefficient (Wildman–Crippen LogP) is 0.774. The lowest BCUT2D eigenvalue weighted by Crippen LogP contribution is -2.40. The van der Waals surface area contributed by atoms with E-state index in [9.17, 15) is 21.2 Å². The number of nitrogens with zero attached hydrogens (tertiary/aromatic N) is 1. The number of ether oxygens (including phenoxy) is 1. The Bertz CT molecular complexity index is 713. The molecular weight excluding hydrogens is 333 g/mol. The Morgan fingerprint density at radius 1 is 1.15 bits per heavy atom. The van der Waals surface area contributed by atoms with Crippen LogP contribution < -0.4 is 0 Å². The second-order valence-electron chi connectivity index (χ2n) is 4.05. The number of halogens is 2. The zero-order valence-corrected chi connectivity index (χ0v) is 12.5. The van der Waals surface area contributed by atoms with Gasteiger partial charge >= 0.3 is 0 Å². The Labute approximate surface area is 120 Å². The minimum Gasteiger partial charge on any atom is -0.379 e. The van der Waals surface area contributed by atoms with Crippen LogP contribution in [0.2, 0.25) is 0 Å². The number of rotatable bonds is 3. The first-order valence-electron chi connectivity index (χ1n) is 5.55. The third-order valence-corrected chi connectivity index (χ3v) is 6.06. The number of benzene rings is 1. The Hall–Kier alpha value is -0.740. The summed E-state index contributed by atoms with van der Waals surface area (Å²) >= 11 is 0. The van der Waals surface area contributed by atoms with Gasteiger partial charge in [-0.15, -0.1) is 0 Å². The fourth-order valence-corrected chi connectivity index (χ4v) is 3.98. The first-order valence-corrected chi connectivity index (χ1v) is 9.30. The molecule has 0 atom stereocenters. The molecule has 112 valence electrons. The van der Waals surface area contributed by atoms with Gasteiger partial charge in [-0.1, -0.05) is 0 Å². The lowest BCUT2D eigenvalue weighted by molar-refractivity contribution is 0.0729. The van der Waals surface area contributed by atoms with Crippen molar-refractivity contribution in [2.75, 3.05) is 26.3 Å². The molecule has 0 radical (unpaired) electrons. The summed E-state index contributed by atoms with van der Waals surface area (Å²) in [6.45, 7) is 0.707. The topological polar surface area (TPSA) is 80.8 Å². The normalized spacial score (nSPS) is 18.1. The Morgan fingerprint density at radius 3 is 2.25 bits per heavy atom. The van der Waals surface area contributed by atoms with E-state index in [0.29, 0.717) is 6.07 Å². The van der Waals surface area contributed by atoms with Gasteiger partial charge in [0.2, 0.25) is 10.0 Å². The third-order valence-electron chi connectivity index (χ3n) is 2.77. The van der Waals surface area contributed by atoms with Gasteiger partial charge in [0.25, 0.3) is 9.05 Å². The number of morpholine rings is 1. The summed E-state index contributed by atoms with van der Waals surface area (Å²) in [5.41, 5.74) is 0. The summed E-state index contributed by atoms with van der Waals surface area (Å²) in [5.74, 6) is -1.15. The van der Waals surface area contributed by atoms with E-state index in [-0.39, 0.29) is 26.3 Å². The molecular formula is C10H11ClFNO5S2. The standard InChI is InChI=1S/C10H11ClFNO5S2/c11-19(14,15)8-1-2-10(9(12)7-8)20(16,17)13-3-5-18-6-4-13/h1-2,7H,3-6H2. The van der Waals surface area contributed by atoms with Crippen LogP contribution in [-0.2, 0) is 23.8 Å². The summed E-state index contributed by atoms with van der Waals surface area (Å²) in [7, 11) is -3.05. The zero-order chi connectivity index (χ0) is 15.0. The van der Waals surface area contributed by atoms with Crippen molar-refractivity contribution in [3.63, 3.8) is 0 Å². The van der Waals surface area contributed by atoms with Gasteiger partial charge in [0, 0.05) is 23.8 Å². The van der Waals surface area contributed by atoms with Crippen LogP contribution in [0.4, 0.5) is 4.39 Å². The van der Waals surface area contributed by atoms with Crippen molar-refractivity contribution in [1.29, 1.82) is 0 Å². The maximum absolute atomic E-state index is 13.9. The van der Waals surface area contributed by atoms with Crippen LogP contribution in [0.25, 0.3) is 0 Å². The average Bonchev–Trinajstić information content (AvgIpc) is 2.38. The molecule has 6 nitrogen and oxygen atoms in total. The average molecular weight is 344 g/mol. The van der Waals surface area contributed by atoms with Gasteiger partial charge in [-0.05, 0) is 18.2 Å². The molecule has 1 saturated heterocycles. The maximum Gasteiger partial charge on any atom is 0.261 e. The maximum atomic E-state index is 13.9. The first kappa shape index (κ1) is 15.6. The highest BCUT2D eigenvalue weighted by Gasteiger charge is 2.29. The molecule has 10 heteroatoms. The van der Waals surface area contributed by atoms with E-state index in [0.717, 1.165) is 16.4 Å². The summed E-state index contributed by atoms with van der Waals surface area (Å²) in [4.78, 5) is -1.07. The fraction of sp³-hybridized carbons (Fsp3) is 0.400. The summed E-state index contributed by atoms with van der Waals surface area (Å²) < 4.78 is 66.6. The third kappa shape index (κ3) is 3.12. The van der Waals surface area contributed by atoms with Gasteiger partial charge in [-0.25, -0.2) is 21.2 Å². The Morgan fingerprint density at radius 2 is 1.75 bits per heavy atom. The molecule has 1 aromatic carbocycles. The molecule has 1 aliphatic rings. The molecule has 1 heterocycles. The van der Waals surface area contributed by atoms with Gasteiger partial charge in [0.05, 0.1) is 18.1 Å². The molecule has 1 aromatic rings. The zero-order valence-electron chi connectivity index (χ0n) is 10.1. The highest BCUT2D eigenvalue weighted by Crippen LogP contribution is 2.24. The van der Waals surface area contributed by atoms with E-state index >= 15 is 0 Å². The summed E-state index contributed by atoms with van der Waals surface area (Å²) in [6, 6.07) is 2.45. The molecule has 0 bridgehead atoms. The number of sulfonamides is 1. The lowest BCUT2D eigenvalue weighted by atomic mass is 10.3. The van der Waals surface area contributed by atoms with E-state index < -0.39 is 34.7 Å². The molecule has 1 aliphatic heterocycles. The highest BCUT2D eigenvalue weighted by atomic mass is 35.7. The first-order chi connectivity index (χ1) is 9.23. The van der Waals surface area contributed by atoms with E-state index in [2.05, 4.69) is 0 Å². The molecule has 2 rings (SSSR count). The SMILES string of the molecule is O=S(=O)(Cl)c1ccc(S(=O)(=O)N2CCOCC2)c(F)c1. The van der Waals surface area contributed by atoms with Crippen molar-refractivity contribution < 1.29 is 26.0 Å². The molecule has 0 saturated carbocycles. The molecule has 0 aliphatic carbocycles. The second kappa shape index (κ2) is 5.57. The van der Waals surface area contributed by atoms with Crippen molar-refractivity contribution in [2.45, 2.75) is 9.79 Å². The minimum absolute atomic E-state index is 0.122. The molecule has 0 N–H and O–H groups in total. The summed E-state index contributed by atoms with van der Waals surface area (Å²) in [6.07, 6.45) is 0. The van der Waals surface area contributed by atoms with Gasteiger partial charge in [0.1, 0.15) is 10.7 Å². The van der Waals surface area contributed by atoms with Crippen molar-refractivity contribution in [2.24, 2.45) is 0 Å². The van der Waals surface area contributed by atoms with Gasteiger partial charge < -0.3 is 4.74 Å². The van der Waals surface area contributed by atoms with Crippen LogP contribution in [0.1, 0.15) is 0 Å². The van der Waals surface area contributed by atoms with Crippen molar-refractivity contribution in [3.05, 3.63) is 24.0 Å². The smallest absolute Gasteiger partial charge is 0.261 e. The largest absolute Gasteiger partial charge is 0.379 e. The van der Waals surface area contributed by atoms with Crippen molar-refractivity contribution in [3.8, 4) is 0 Å². The Balaban J connectivity index is 2.42. The highest BCUT2D eigenvalue weighted by molar-refractivity contribution is 8.13. The predicted molar refractivity (Wildman–Crippen MR) is 69.0 cm³/mol. The van der Waals surface area contributed by atoms with E-state index in [1.54, 1.807) is 0 Å².